The number of nitrogens with zero attached hydrogens (tertiary/aromatic N) is 3. The largest absolute Gasteiger partial charge is 0.403 e. The lowest BCUT2D eigenvalue weighted by Crippen LogP contribution is -2.11. The molecule has 0 bridgehead atoms. The Kier molecular flexibility index (Phi) is 4.04. The fourth-order valence-electron chi connectivity index (χ4n) is 1.88. The fourth-order valence-corrected chi connectivity index (χ4v) is 2.10. The van der Waals surface area contributed by atoms with Crippen LogP contribution in [0.1, 0.15) is 15.9 Å². The van der Waals surface area contributed by atoms with Gasteiger partial charge in [-0.15, -0.1) is 5.10 Å². The molecule has 1 heterocycles. The van der Waals surface area contributed by atoms with Crippen molar-refractivity contribution >= 4 is 23.5 Å². The second-order valence-electron chi connectivity index (χ2n) is 4.54. The number of carbonyl (C=O) groups excluding carboxylic acids is 1. The number of nitrogens with one attached hydrogen (secondary N) is 1. The lowest BCUT2D eigenvalue weighted by atomic mass is 10.1. The molecule has 3 rings (SSSR count). The van der Waals surface area contributed by atoms with E-state index in [2.05, 4.69) is 15.5 Å². The van der Waals surface area contributed by atoms with Gasteiger partial charge < -0.3 is 4.42 Å². The molecule has 0 aliphatic heterocycles. The Morgan fingerprint density at radius 3 is 2.57 bits per heavy atom. The van der Waals surface area contributed by atoms with Gasteiger partial charge in [0.25, 0.3) is 11.8 Å². The molecule has 0 saturated carbocycles. The van der Waals surface area contributed by atoms with Crippen LogP contribution in [0.4, 0.5) is 6.01 Å². The molecule has 6 nitrogen and oxygen atoms in total. The molecule has 1 aromatic heterocycles. The van der Waals surface area contributed by atoms with Crippen molar-refractivity contribution in [2.24, 2.45) is 0 Å². The minimum atomic E-state index is -0.413. The van der Waals surface area contributed by atoms with E-state index in [1.807, 2.05) is 6.07 Å². The van der Waals surface area contributed by atoms with Crippen molar-refractivity contribution in [3.05, 3.63) is 64.7 Å². The number of amides is 1. The summed E-state index contributed by atoms with van der Waals surface area (Å²) >= 11 is 6.06. The number of anilines is 1. The summed E-state index contributed by atoms with van der Waals surface area (Å²) in [5, 5.41) is 19.4. The van der Waals surface area contributed by atoms with E-state index in [0.717, 1.165) is 0 Å². The van der Waals surface area contributed by atoms with E-state index in [-0.39, 0.29) is 11.9 Å². The molecule has 1 N–H and O–H groups in total. The van der Waals surface area contributed by atoms with Crippen molar-refractivity contribution in [1.82, 2.24) is 10.2 Å². The highest BCUT2D eigenvalue weighted by Crippen LogP contribution is 2.27. The van der Waals surface area contributed by atoms with Crippen LogP contribution in [0, 0.1) is 11.3 Å². The zero-order valence-electron chi connectivity index (χ0n) is 11.7. The summed E-state index contributed by atoms with van der Waals surface area (Å²) in [4.78, 5) is 12.1. The first-order chi connectivity index (χ1) is 11.2. The van der Waals surface area contributed by atoms with E-state index >= 15 is 0 Å². The summed E-state index contributed by atoms with van der Waals surface area (Å²) in [6.07, 6.45) is 0. The monoisotopic (exact) mass is 324 g/mol. The van der Waals surface area contributed by atoms with Gasteiger partial charge in [-0.05, 0) is 36.4 Å². The minimum Gasteiger partial charge on any atom is -0.403 e. The van der Waals surface area contributed by atoms with E-state index in [4.69, 9.17) is 21.3 Å². The van der Waals surface area contributed by atoms with Crippen LogP contribution in [0.5, 0.6) is 0 Å². The summed E-state index contributed by atoms with van der Waals surface area (Å²) in [5.74, 6) is -0.199. The maximum absolute atomic E-state index is 12.1. The lowest BCUT2D eigenvalue weighted by molar-refractivity contribution is 0.102. The predicted octanol–water partition coefficient (Wildman–Crippen LogP) is 3.51. The second kappa shape index (κ2) is 6.30. The smallest absolute Gasteiger partial charge is 0.322 e. The van der Waals surface area contributed by atoms with Crippen molar-refractivity contribution in [3.63, 3.8) is 0 Å². The maximum atomic E-state index is 12.1. The molecule has 1 amide bonds. The number of rotatable bonds is 3. The van der Waals surface area contributed by atoms with Gasteiger partial charge in [-0.1, -0.05) is 28.8 Å². The number of nitriles is 1. The van der Waals surface area contributed by atoms with Crippen LogP contribution >= 0.6 is 11.6 Å². The summed E-state index contributed by atoms with van der Waals surface area (Å²) in [7, 11) is 0. The van der Waals surface area contributed by atoms with Gasteiger partial charge in [-0.25, -0.2) is 0 Å². The van der Waals surface area contributed by atoms with Gasteiger partial charge in [0.2, 0.25) is 0 Å². The van der Waals surface area contributed by atoms with Gasteiger partial charge >= 0.3 is 6.01 Å². The molecule has 23 heavy (non-hydrogen) atoms. The average molecular weight is 325 g/mol. The van der Waals surface area contributed by atoms with Crippen molar-refractivity contribution in [2.45, 2.75) is 0 Å². The third-order valence-electron chi connectivity index (χ3n) is 3.03. The van der Waals surface area contributed by atoms with E-state index < -0.39 is 5.91 Å². The van der Waals surface area contributed by atoms with Crippen LogP contribution in [0.15, 0.2) is 52.9 Å². The van der Waals surface area contributed by atoms with Crippen LogP contribution in [-0.2, 0) is 0 Å². The Hall–Kier alpha value is -3.17. The zero-order valence-corrected chi connectivity index (χ0v) is 12.4. The summed E-state index contributed by atoms with van der Waals surface area (Å²) in [6, 6.07) is 15.2. The van der Waals surface area contributed by atoms with Crippen LogP contribution in [0.3, 0.4) is 0 Å². The molecule has 0 spiro atoms. The van der Waals surface area contributed by atoms with Gasteiger partial charge in [0, 0.05) is 5.56 Å². The summed E-state index contributed by atoms with van der Waals surface area (Å²) in [5.41, 5.74) is 1.43. The number of hydrogen-bond acceptors (Lipinski definition) is 5. The topological polar surface area (TPSA) is 91.8 Å². The SMILES string of the molecule is N#Cc1ccc(C(=O)Nc2nnc(-c3ccccc3Cl)o2)cc1. The Morgan fingerprint density at radius 1 is 1.13 bits per heavy atom. The maximum Gasteiger partial charge on any atom is 0.322 e. The Balaban J connectivity index is 1.77. The van der Waals surface area contributed by atoms with E-state index in [9.17, 15) is 4.79 Å². The highest BCUT2D eigenvalue weighted by atomic mass is 35.5. The quantitative estimate of drug-likeness (QED) is 0.795. The molecule has 7 heteroatoms. The molecular weight excluding hydrogens is 316 g/mol. The van der Waals surface area contributed by atoms with Gasteiger partial charge in [0.05, 0.1) is 22.2 Å². The number of aromatic nitrogens is 2. The molecule has 3 aromatic rings. The first kappa shape index (κ1) is 14.8. The van der Waals surface area contributed by atoms with E-state index in [1.54, 1.807) is 48.5 Å². The molecule has 0 aliphatic carbocycles. The van der Waals surface area contributed by atoms with E-state index in [1.165, 1.54) is 0 Å². The van der Waals surface area contributed by atoms with Crippen molar-refractivity contribution in [1.29, 1.82) is 5.26 Å². The number of carbonyl (C=O) groups is 1. The Labute approximate surface area is 136 Å². The van der Waals surface area contributed by atoms with Crippen molar-refractivity contribution in [3.8, 4) is 17.5 Å². The standard InChI is InChI=1S/C16H9ClN4O2/c17-13-4-2-1-3-12(13)15-20-21-16(23-15)19-14(22)11-7-5-10(9-18)6-8-11/h1-8H,(H,19,21,22). The van der Waals surface area contributed by atoms with Crippen molar-refractivity contribution < 1.29 is 9.21 Å². The highest BCUT2D eigenvalue weighted by molar-refractivity contribution is 6.33. The van der Waals surface area contributed by atoms with E-state index in [0.29, 0.717) is 21.7 Å². The molecule has 2 aromatic carbocycles. The second-order valence-corrected chi connectivity index (χ2v) is 4.94. The molecule has 0 aliphatic rings. The van der Waals surface area contributed by atoms with Crippen LogP contribution in [-0.4, -0.2) is 16.1 Å². The Bertz CT molecular complexity index is 897. The fraction of sp³-hybridized carbons (Fsp3) is 0. The number of hydrogen-bond donors (Lipinski definition) is 1. The average Bonchev–Trinajstić information content (AvgIpc) is 3.03. The molecular formula is C16H9ClN4O2. The van der Waals surface area contributed by atoms with Gasteiger partial charge in [-0.3, -0.25) is 10.1 Å². The third-order valence-corrected chi connectivity index (χ3v) is 3.36. The first-order valence-electron chi connectivity index (χ1n) is 6.57. The summed E-state index contributed by atoms with van der Waals surface area (Å²) in [6.45, 7) is 0. The molecule has 0 saturated heterocycles. The molecule has 0 atom stereocenters. The predicted molar refractivity (Wildman–Crippen MR) is 83.9 cm³/mol. The Morgan fingerprint density at radius 2 is 1.87 bits per heavy atom. The number of halogens is 1. The van der Waals surface area contributed by atoms with Gasteiger partial charge in [-0.2, -0.15) is 5.26 Å². The number of benzene rings is 2. The highest BCUT2D eigenvalue weighted by Gasteiger charge is 2.14. The van der Waals surface area contributed by atoms with Crippen LogP contribution in [0.2, 0.25) is 5.02 Å². The molecule has 0 radical (unpaired) electrons. The minimum absolute atomic E-state index is 0.0331. The van der Waals surface area contributed by atoms with Crippen LogP contribution in [0.25, 0.3) is 11.5 Å². The van der Waals surface area contributed by atoms with Gasteiger partial charge in [0.15, 0.2) is 0 Å². The lowest BCUT2D eigenvalue weighted by Gasteiger charge is -2.00. The molecule has 0 unspecified atom stereocenters. The summed E-state index contributed by atoms with van der Waals surface area (Å²) < 4.78 is 5.40. The normalized spacial score (nSPS) is 10.1. The zero-order chi connectivity index (χ0) is 16.2. The van der Waals surface area contributed by atoms with Crippen molar-refractivity contribution in [2.75, 3.05) is 5.32 Å². The first-order valence-corrected chi connectivity index (χ1v) is 6.95. The van der Waals surface area contributed by atoms with Gasteiger partial charge in [0.1, 0.15) is 0 Å². The molecule has 0 fully saturated rings. The molecule has 112 valence electrons. The van der Waals surface area contributed by atoms with Crippen LogP contribution < -0.4 is 5.32 Å². The third kappa shape index (κ3) is 3.20.